The first kappa shape index (κ1) is 27.9. The van der Waals surface area contributed by atoms with Gasteiger partial charge in [0.05, 0.1) is 54.5 Å². The molecule has 2 aromatic rings. The van der Waals surface area contributed by atoms with Gasteiger partial charge in [-0.2, -0.15) is 0 Å². The van der Waals surface area contributed by atoms with Crippen LogP contribution in [0.1, 0.15) is 29.5 Å². The molecule has 2 unspecified atom stereocenters. The third kappa shape index (κ3) is 6.53. The number of carbonyl (C=O) groups is 1. The summed E-state index contributed by atoms with van der Waals surface area (Å²) in [6, 6.07) is 10.0. The highest BCUT2D eigenvalue weighted by atomic mass is 79.9. The minimum atomic E-state index is 0. The number of benzene rings is 2. The zero-order chi connectivity index (χ0) is 24.8. The van der Waals surface area contributed by atoms with E-state index >= 15 is 0 Å². The van der Waals surface area contributed by atoms with Crippen LogP contribution in [0, 0.1) is 5.92 Å². The van der Waals surface area contributed by atoms with E-state index in [1.807, 2.05) is 35.4 Å². The Kier molecular flexibility index (Phi) is 10.1. The zero-order valence-electron chi connectivity index (χ0n) is 21.6. The summed E-state index contributed by atoms with van der Waals surface area (Å²) < 4.78 is 21.7. The van der Waals surface area contributed by atoms with Crippen molar-refractivity contribution in [3.8, 4) is 23.0 Å². The van der Waals surface area contributed by atoms with Crippen molar-refractivity contribution >= 4 is 12.0 Å². The smallest absolute Gasteiger partial charge is 0.230 e. The first-order valence-electron chi connectivity index (χ1n) is 12.3. The van der Waals surface area contributed by atoms with Crippen molar-refractivity contribution in [2.45, 2.75) is 25.7 Å². The van der Waals surface area contributed by atoms with E-state index in [4.69, 9.17) is 18.9 Å². The molecule has 0 saturated carbocycles. The van der Waals surface area contributed by atoms with Gasteiger partial charge in [0.15, 0.2) is 23.0 Å². The Morgan fingerprint density at radius 2 is 1.64 bits per heavy atom. The van der Waals surface area contributed by atoms with Gasteiger partial charge in [0, 0.05) is 25.1 Å². The van der Waals surface area contributed by atoms with Gasteiger partial charge >= 0.3 is 0 Å². The lowest BCUT2D eigenvalue weighted by Gasteiger charge is -2.32. The van der Waals surface area contributed by atoms with Gasteiger partial charge in [-0.05, 0) is 59.9 Å². The Hall–Kier alpha value is -2.71. The molecule has 8 heteroatoms. The fourth-order valence-electron chi connectivity index (χ4n) is 5.20. The van der Waals surface area contributed by atoms with Crippen molar-refractivity contribution in [1.82, 2.24) is 4.90 Å². The van der Waals surface area contributed by atoms with Crippen LogP contribution in [0.25, 0.3) is 6.08 Å². The van der Waals surface area contributed by atoms with Crippen LogP contribution in [0.15, 0.2) is 36.5 Å². The predicted molar refractivity (Wildman–Crippen MR) is 136 cm³/mol. The number of methoxy groups -OCH3 is 4. The van der Waals surface area contributed by atoms with Gasteiger partial charge in [0.2, 0.25) is 5.91 Å². The Morgan fingerprint density at radius 3 is 2.36 bits per heavy atom. The minimum absolute atomic E-state index is 0. The number of quaternary nitrogens is 1. The van der Waals surface area contributed by atoms with Crippen LogP contribution in [0.3, 0.4) is 0 Å². The van der Waals surface area contributed by atoms with E-state index in [0.29, 0.717) is 23.8 Å². The van der Waals surface area contributed by atoms with Gasteiger partial charge < -0.3 is 45.7 Å². The quantitative estimate of drug-likeness (QED) is 0.453. The van der Waals surface area contributed by atoms with Gasteiger partial charge in [-0.1, -0.05) is 6.07 Å². The van der Waals surface area contributed by atoms with Crippen LogP contribution < -0.4 is 40.8 Å². The number of rotatable bonds is 9. The Morgan fingerprint density at radius 1 is 0.944 bits per heavy atom. The molecule has 7 nitrogen and oxygen atoms in total. The first-order valence-corrected chi connectivity index (χ1v) is 12.3. The highest BCUT2D eigenvalue weighted by Crippen LogP contribution is 2.33. The topological polar surface area (TPSA) is 61.7 Å². The van der Waals surface area contributed by atoms with Crippen LogP contribution in [0.4, 0.5) is 0 Å². The summed E-state index contributed by atoms with van der Waals surface area (Å²) in [6.07, 6.45) is 7.66. The Balaban J connectivity index is 0.00000361. The highest BCUT2D eigenvalue weighted by molar-refractivity contribution is 5.84. The molecular formula is C28H37BrN2O5. The number of ether oxygens (including phenoxy) is 4. The monoisotopic (exact) mass is 560 g/mol. The lowest BCUT2D eigenvalue weighted by molar-refractivity contribution is -0.908. The largest absolute Gasteiger partial charge is 1.00 e. The molecule has 2 heterocycles. The third-order valence-corrected chi connectivity index (χ3v) is 7.13. The van der Waals surface area contributed by atoms with Crippen LogP contribution in [-0.4, -0.2) is 65.4 Å². The summed E-state index contributed by atoms with van der Waals surface area (Å²) in [5.41, 5.74) is 3.23. The molecule has 1 fully saturated rings. The SMILES string of the molecule is COc1ccc(CC[NH+]2CCCC(CN3C=Cc4cc(OC)c(OC)cc4CC3=O)C2)cc1OC.[Br-]. The number of hydrogen-bond donors (Lipinski definition) is 1. The second-order valence-electron chi connectivity index (χ2n) is 9.35. The van der Waals surface area contributed by atoms with Crippen molar-refractivity contribution in [1.29, 1.82) is 0 Å². The molecule has 1 N–H and O–H groups in total. The average Bonchev–Trinajstić information content (AvgIpc) is 3.04. The molecule has 196 valence electrons. The van der Waals surface area contributed by atoms with Gasteiger partial charge in [-0.15, -0.1) is 0 Å². The minimum Gasteiger partial charge on any atom is -1.00 e. The summed E-state index contributed by atoms with van der Waals surface area (Å²) in [5, 5.41) is 0. The van der Waals surface area contributed by atoms with Crippen LogP contribution in [0.2, 0.25) is 0 Å². The second kappa shape index (κ2) is 13.0. The molecule has 1 amide bonds. The van der Waals surface area contributed by atoms with Crippen molar-refractivity contribution in [3.63, 3.8) is 0 Å². The molecule has 2 aromatic carbocycles. The molecule has 0 spiro atoms. The summed E-state index contributed by atoms with van der Waals surface area (Å²) in [6.45, 7) is 4.09. The lowest BCUT2D eigenvalue weighted by atomic mass is 9.96. The molecule has 0 radical (unpaired) electrons. The number of nitrogens with zero attached hydrogens (tertiary/aromatic N) is 1. The summed E-state index contributed by atoms with van der Waals surface area (Å²) in [4.78, 5) is 16.6. The molecular weight excluding hydrogens is 524 g/mol. The number of halogens is 1. The van der Waals surface area contributed by atoms with Crippen LogP contribution in [0.5, 0.6) is 23.0 Å². The number of piperidine rings is 1. The van der Waals surface area contributed by atoms with E-state index in [-0.39, 0.29) is 22.9 Å². The summed E-state index contributed by atoms with van der Waals surface area (Å²) in [7, 11) is 6.58. The molecule has 4 rings (SSSR count). The maximum atomic E-state index is 13.1. The Labute approximate surface area is 224 Å². The van der Waals surface area contributed by atoms with E-state index in [0.717, 1.165) is 55.1 Å². The second-order valence-corrected chi connectivity index (χ2v) is 9.35. The number of hydrogen-bond acceptors (Lipinski definition) is 5. The van der Waals surface area contributed by atoms with Gasteiger partial charge in [0.1, 0.15) is 0 Å². The van der Waals surface area contributed by atoms with Gasteiger partial charge in [-0.3, -0.25) is 4.79 Å². The van der Waals surface area contributed by atoms with E-state index in [1.165, 1.54) is 18.5 Å². The number of nitrogens with one attached hydrogen (secondary N) is 1. The first-order chi connectivity index (χ1) is 17.0. The molecule has 0 aliphatic carbocycles. The Bertz CT molecular complexity index is 1070. The van der Waals surface area contributed by atoms with E-state index < -0.39 is 0 Å². The number of likely N-dealkylation sites (tertiary alicyclic amines) is 1. The van der Waals surface area contributed by atoms with E-state index in [1.54, 1.807) is 33.3 Å². The fourth-order valence-corrected chi connectivity index (χ4v) is 5.20. The van der Waals surface area contributed by atoms with Crippen LogP contribution in [-0.2, 0) is 17.6 Å². The number of carbonyl (C=O) groups excluding carboxylic acids is 1. The number of fused-ring (bicyclic) bond motifs is 1. The number of amides is 1. The maximum Gasteiger partial charge on any atom is 0.230 e. The van der Waals surface area contributed by atoms with E-state index in [9.17, 15) is 4.79 Å². The molecule has 2 aliphatic rings. The maximum absolute atomic E-state index is 13.1. The summed E-state index contributed by atoms with van der Waals surface area (Å²) >= 11 is 0. The zero-order valence-corrected chi connectivity index (χ0v) is 23.2. The summed E-state index contributed by atoms with van der Waals surface area (Å²) in [5.74, 6) is 3.49. The average molecular weight is 562 g/mol. The van der Waals surface area contributed by atoms with Crippen molar-refractivity contribution in [2.24, 2.45) is 5.92 Å². The molecule has 0 aromatic heterocycles. The predicted octanol–water partition coefficient (Wildman–Crippen LogP) is -0.382. The lowest BCUT2D eigenvalue weighted by Crippen LogP contribution is -3.14. The molecule has 36 heavy (non-hydrogen) atoms. The molecule has 1 saturated heterocycles. The standard InChI is InChI=1S/C28H36N2O5.BrH/c1-32-24-8-7-20(14-25(24)33-2)9-12-29-11-5-6-21(18-29)19-30-13-10-22-15-26(34-3)27(35-4)16-23(22)17-28(30)31;/h7-8,10,13-16,21H,5-6,9,11-12,17-19H2,1-4H3;1H. The van der Waals surface area contributed by atoms with E-state index in [2.05, 4.69) is 12.1 Å². The fraction of sp³-hybridized carbons (Fsp3) is 0.464. The van der Waals surface area contributed by atoms with Crippen molar-refractivity contribution in [3.05, 3.63) is 53.2 Å². The molecule has 0 bridgehead atoms. The van der Waals surface area contributed by atoms with Gasteiger partial charge in [0.25, 0.3) is 0 Å². The van der Waals surface area contributed by atoms with Crippen molar-refractivity contribution < 1.29 is 45.6 Å². The normalized spacial score (nSPS) is 19.1. The molecule has 2 aliphatic heterocycles. The van der Waals surface area contributed by atoms with Crippen LogP contribution >= 0.6 is 0 Å². The highest BCUT2D eigenvalue weighted by Gasteiger charge is 2.27. The van der Waals surface area contributed by atoms with Crippen molar-refractivity contribution in [2.75, 3.05) is 54.6 Å². The third-order valence-electron chi connectivity index (χ3n) is 7.13. The van der Waals surface area contributed by atoms with Gasteiger partial charge in [-0.25, -0.2) is 0 Å². The molecule has 2 atom stereocenters.